The first-order valence-electron chi connectivity index (χ1n) is 8.93. The van der Waals surface area contributed by atoms with Crippen LogP contribution in [0.2, 0.25) is 10.0 Å². The number of thioether (sulfide) groups is 1. The molecule has 0 bridgehead atoms. The predicted octanol–water partition coefficient (Wildman–Crippen LogP) is 4.14. The Kier molecular flexibility index (Phi) is 7.98. The molecule has 1 amide bonds. The summed E-state index contributed by atoms with van der Waals surface area (Å²) in [6.45, 7) is 0.140. The van der Waals surface area contributed by atoms with E-state index in [1.54, 1.807) is 25.3 Å². The summed E-state index contributed by atoms with van der Waals surface area (Å²) in [5, 5.41) is 12.9. The molecule has 10 heteroatoms. The van der Waals surface area contributed by atoms with Gasteiger partial charge in [-0.2, -0.15) is 0 Å². The van der Waals surface area contributed by atoms with Gasteiger partial charge in [0, 0.05) is 17.9 Å². The molecule has 1 aromatic heterocycles. The number of benzene rings is 2. The molecule has 1 N–H and O–H groups in total. The van der Waals surface area contributed by atoms with Crippen LogP contribution in [-0.2, 0) is 21.8 Å². The van der Waals surface area contributed by atoms with Crippen molar-refractivity contribution in [3.8, 4) is 11.4 Å². The van der Waals surface area contributed by atoms with E-state index in [0.717, 1.165) is 11.3 Å². The molecule has 1 heterocycles. The summed E-state index contributed by atoms with van der Waals surface area (Å²) in [4.78, 5) is 11.8. The second-order valence-electron chi connectivity index (χ2n) is 6.18. The smallest absolute Gasteiger partial charge is 0.246 e. The third kappa shape index (κ3) is 5.66. The van der Waals surface area contributed by atoms with Gasteiger partial charge in [0.25, 0.3) is 0 Å². The van der Waals surface area contributed by atoms with Crippen molar-refractivity contribution in [1.82, 2.24) is 20.1 Å². The Morgan fingerprint density at radius 3 is 2.73 bits per heavy atom. The van der Waals surface area contributed by atoms with E-state index in [1.165, 1.54) is 18.9 Å². The van der Waals surface area contributed by atoms with Gasteiger partial charge in [-0.05, 0) is 35.9 Å². The summed E-state index contributed by atoms with van der Waals surface area (Å²) < 4.78 is 11.9. The number of hydrogen-bond donors (Lipinski definition) is 1. The minimum atomic E-state index is -0.250. The normalized spacial score (nSPS) is 10.8. The van der Waals surface area contributed by atoms with Gasteiger partial charge in [-0.3, -0.25) is 9.36 Å². The number of nitrogens with one attached hydrogen (secondary N) is 1. The van der Waals surface area contributed by atoms with Crippen LogP contribution >= 0.6 is 35.0 Å². The average molecular weight is 467 g/mol. The largest absolute Gasteiger partial charge is 0.497 e. The highest BCUT2D eigenvalue weighted by Crippen LogP contribution is 2.31. The fourth-order valence-corrected chi connectivity index (χ4v) is 4.08. The van der Waals surface area contributed by atoms with Gasteiger partial charge >= 0.3 is 0 Å². The van der Waals surface area contributed by atoms with Crippen molar-refractivity contribution in [2.24, 2.45) is 0 Å². The van der Waals surface area contributed by atoms with Crippen molar-refractivity contribution >= 4 is 40.9 Å². The van der Waals surface area contributed by atoms with E-state index in [-0.39, 0.29) is 19.1 Å². The van der Waals surface area contributed by atoms with Crippen molar-refractivity contribution in [2.45, 2.75) is 17.5 Å². The van der Waals surface area contributed by atoms with E-state index in [2.05, 4.69) is 15.5 Å². The summed E-state index contributed by atoms with van der Waals surface area (Å²) in [7, 11) is 3.10. The summed E-state index contributed by atoms with van der Waals surface area (Å²) in [6.07, 6.45) is 0. The number of halogens is 2. The monoisotopic (exact) mass is 466 g/mol. The molecule has 3 aromatic rings. The van der Waals surface area contributed by atoms with E-state index in [9.17, 15) is 4.79 Å². The van der Waals surface area contributed by atoms with Gasteiger partial charge in [-0.15, -0.1) is 10.2 Å². The zero-order valence-corrected chi connectivity index (χ0v) is 18.7. The molecule has 0 atom stereocenters. The number of hydrogen-bond acceptors (Lipinski definition) is 6. The van der Waals surface area contributed by atoms with Gasteiger partial charge in [-0.1, -0.05) is 47.1 Å². The highest BCUT2D eigenvalue weighted by molar-refractivity contribution is 7.98. The molecule has 0 aliphatic heterocycles. The van der Waals surface area contributed by atoms with Crippen LogP contribution in [-0.4, -0.2) is 41.5 Å². The number of carbonyl (C=O) groups excluding carboxylic acids is 1. The maximum atomic E-state index is 11.8. The first kappa shape index (κ1) is 22.4. The predicted molar refractivity (Wildman–Crippen MR) is 118 cm³/mol. The van der Waals surface area contributed by atoms with Crippen molar-refractivity contribution < 1.29 is 14.3 Å². The average Bonchev–Trinajstić information content (AvgIpc) is 3.13. The van der Waals surface area contributed by atoms with E-state index < -0.39 is 0 Å². The number of nitrogens with zero attached hydrogens (tertiary/aromatic N) is 3. The number of carbonyl (C=O) groups is 1. The van der Waals surface area contributed by atoms with Crippen LogP contribution in [0.1, 0.15) is 11.4 Å². The molecule has 2 aromatic carbocycles. The zero-order chi connectivity index (χ0) is 21.5. The SMILES string of the molecule is COCC(=O)NCc1nnc(SCc2cccc(OC)c2)n1-c1ccc(Cl)cc1Cl. The Hall–Kier alpha value is -2.26. The molecular formula is C20H20Cl2N4O3S. The van der Waals surface area contributed by atoms with Crippen LogP contribution in [0.5, 0.6) is 5.75 Å². The van der Waals surface area contributed by atoms with Crippen LogP contribution < -0.4 is 10.1 Å². The third-order valence-corrected chi connectivity index (χ3v) is 5.61. The zero-order valence-electron chi connectivity index (χ0n) is 16.4. The maximum Gasteiger partial charge on any atom is 0.246 e. The van der Waals surface area contributed by atoms with Crippen LogP contribution in [0, 0.1) is 0 Å². The molecule has 0 saturated heterocycles. The molecule has 0 aliphatic carbocycles. The highest BCUT2D eigenvalue weighted by atomic mass is 35.5. The molecular weight excluding hydrogens is 447 g/mol. The van der Waals surface area contributed by atoms with Gasteiger partial charge in [0.05, 0.1) is 24.4 Å². The second kappa shape index (κ2) is 10.7. The topological polar surface area (TPSA) is 78.3 Å². The molecule has 7 nitrogen and oxygen atoms in total. The van der Waals surface area contributed by atoms with Crippen LogP contribution in [0.15, 0.2) is 47.6 Å². The molecule has 0 saturated carbocycles. The molecule has 3 rings (SSSR count). The number of ether oxygens (including phenoxy) is 2. The summed E-state index contributed by atoms with van der Waals surface area (Å²) in [5.41, 5.74) is 1.75. The Labute approximate surface area is 188 Å². The van der Waals surface area contributed by atoms with Crippen molar-refractivity contribution in [3.05, 3.63) is 63.9 Å². The maximum absolute atomic E-state index is 11.8. The minimum absolute atomic E-state index is 0.0344. The van der Waals surface area contributed by atoms with Crippen molar-refractivity contribution in [2.75, 3.05) is 20.8 Å². The number of aromatic nitrogens is 3. The van der Waals surface area contributed by atoms with Crippen molar-refractivity contribution in [1.29, 1.82) is 0 Å². The molecule has 158 valence electrons. The van der Waals surface area contributed by atoms with Gasteiger partial charge in [0.2, 0.25) is 5.91 Å². The van der Waals surface area contributed by atoms with Gasteiger partial charge in [0.1, 0.15) is 12.4 Å². The molecule has 0 aliphatic rings. The lowest BCUT2D eigenvalue weighted by molar-refractivity contribution is -0.124. The Morgan fingerprint density at radius 2 is 2.00 bits per heavy atom. The Morgan fingerprint density at radius 1 is 1.17 bits per heavy atom. The lowest BCUT2D eigenvalue weighted by Crippen LogP contribution is -2.28. The second-order valence-corrected chi connectivity index (χ2v) is 7.97. The van der Waals surface area contributed by atoms with E-state index in [0.29, 0.717) is 32.5 Å². The number of rotatable bonds is 9. The van der Waals surface area contributed by atoms with E-state index in [1.807, 2.05) is 28.8 Å². The molecule has 0 unspecified atom stereocenters. The Balaban J connectivity index is 1.89. The van der Waals surface area contributed by atoms with Gasteiger partial charge in [0.15, 0.2) is 11.0 Å². The van der Waals surface area contributed by atoms with E-state index in [4.69, 9.17) is 32.7 Å². The fourth-order valence-electron chi connectivity index (χ4n) is 2.68. The summed E-state index contributed by atoms with van der Waals surface area (Å²) in [6, 6.07) is 13.0. The lowest BCUT2D eigenvalue weighted by atomic mass is 10.2. The van der Waals surface area contributed by atoms with Crippen LogP contribution in [0.25, 0.3) is 5.69 Å². The number of methoxy groups -OCH3 is 2. The Bertz CT molecular complexity index is 1030. The molecule has 0 fully saturated rings. The molecule has 0 spiro atoms. The van der Waals surface area contributed by atoms with E-state index >= 15 is 0 Å². The molecule has 0 radical (unpaired) electrons. The third-order valence-electron chi connectivity index (χ3n) is 4.07. The van der Waals surface area contributed by atoms with Gasteiger partial charge < -0.3 is 14.8 Å². The molecule has 30 heavy (non-hydrogen) atoms. The fraction of sp³-hybridized carbons (Fsp3) is 0.250. The van der Waals surface area contributed by atoms with Crippen LogP contribution in [0.3, 0.4) is 0 Å². The first-order chi connectivity index (χ1) is 14.5. The first-order valence-corrected chi connectivity index (χ1v) is 10.7. The summed E-state index contributed by atoms with van der Waals surface area (Å²) >= 11 is 14.0. The highest BCUT2D eigenvalue weighted by Gasteiger charge is 2.18. The lowest BCUT2D eigenvalue weighted by Gasteiger charge is -2.13. The minimum Gasteiger partial charge on any atom is -0.497 e. The number of amides is 1. The standard InChI is InChI=1S/C20H20Cl2N4O3S/c1-28-11-19(27)23-10-18-24-25-20(26(18)17-7-6-14(21)9-16(17)22)30-12-13-4-3-5-15(8-13)29-2/h3-9H,10-12H2,1-2H3,(H,23,27). The summed E-state index contributed by atoms with van der Waals surface area (Å²) in [5.74, 6) is 1.73. The van der Waals surface area contributed by atoms with Gasteiger partial charge in [-0.25, -0.2) is 0 Å². The van der Waals surface area contributed by atoms with Crippen LogP contribution in [0.4, 0.5) is 0 Å². The quantitative estimate of drug-likeness (QED) is 0.477. The van der Waals surface area contributed by atoms with Crippen molar-refractivity contribution in [3.63, 3.8) is 0 Å².